The lowest BCUT2D eigenvalue weighted by Crippen LogP contribution is -2.29. The van der Waals surface area contributed by atoms with E-state index in [1.54, 1.807) is 0 Å². The first-order valence-corrected chi connectivity index (χ1v) is 6.85. The molecule has 0 heterocycles. The predicted octanol–water partition coefficient (Wildman–Crippen LogP) is 2.40. The molecule has 0 saturated heterocycles. The minimum atomic E-state index is -0.505. The summed E-state index contributed by atoms with van der Waals surface area (Å²) in [5, 5.41) is 0. The molecule has 1 amide bonds. The van der Waals surface area contributed by atoms with E-state index < -0.39 is 5.91 Å². The van der Waals surface area contributed by atoms with Crippen LogP contribution < -0.4 is 11.2 Å². The van der Waals surface area contributed by atoms with Gasteiger partial charge in [-0.25, -0.2) is 0 Å². The molecule has 4 nitrogen and oxygen atoms in total. The lowest BCUT2D eigenvalue weighted by molar-refractivity contribution is -0.125. The van der Waals surface area contributed by atoms with Crippen molar-refractivity contribution in [2.75, 3.05) is 6.61 Å². The maximum atomic E-state index is 10.8. The van der Waals surface area contributed by atoms with E-state index in [0.29, 0.717) is 0 Å². The quantitative estimate of drug-likeness (QED) is 0.801. The van der Waals surface area contributed by atoms with Crippen LogP contribution in [0.1, 0.15) is 28.3 Å². The molecular weight excluding hydrogens is 264 g/mol. The standard InChI is InChI=1S/C17H20N2O2/c1-12-8-9-15(13(2)10-12)17(19-21-11-16(18)20)14-6-4-3-5-7-14/h3-10,17,19H,11H2,1-2H3,(H2,18,20). The van der Waals surface area contributed by atoms with Gasteiger partial charge in [-0.15, -0.1) is 0 Å². The summed E-state index contributed by atoms with van der Waals surface area (Å²) in [7, 11) is 0. The Labute approximate surface area is 124 Å². The van der Waals surface area contributed by atoms with Crippen molar-refractivity contribution in [2.24, 2.45) is 5.73 Å². The summed E-state index contributed by atoms with van der Waals surface area (Å²) in [4.78, 5) is 16.0. The van der Waals surface area contributed by atoms with Gasteiger partial charge in [0.1, 0.15) is 6.61 Å². The van der Waals surface area contributed by atoms with Crippen molar-refractivity contribution in [1.82, 2.24) is 5.48 Å². The number of carbonyl (C=O) groups is 1. The third-order valence-corrected chi connectivity index (χ3v) is 3.28. The van der Waals surface area contributed by atoms with Crippen LogP contribution in [0.5, 0.6) is 0 Å². The van der Waals surface area contributed by atoms with Gasteiger partial charge >= 0.3 is 0 Å². The fourth-order valence-electron chi connectivity index (χ4n) is 2.30. The minimum absolute atomic E-state index is 0.147. The van der Waals surface area contributed by atoms with Crippen LogP contribution in [0.2, 0.25) is 0 Å². The molecule has 0 aromatic heterocycles. The number of hydroxylamine groups is 1. The Kier molecular flexibility index (Phi) is 5.09. The topological polar surface area (TPSA) is 64.3 Å². The van der Waals surface area contributed by atoms with Gasteiger partial charge in [0.05, 0.1) is 6.04 Å². The number of aryl methyl sites for hydroxylation is 2. The van der Waals surface area contributed by atoms with Crippen LogP contribution in [0.15, 0.2) is 48.5 Å². The van der Waals surface area contributed by atoms with Gasteiger partial charge in [-0.1, -0.05) is 54.1 Å². The Balaban J connectivity index is 2.29. The van der Waals surface area contributed by atoms with Gasteiger partial charge < -0.3 is 5.73 Å². The third-order valence-electron chi connectivity index (χ3n) is 3.28. The molecule has 1 unspecified atom stereocenters. The Hall–Kier alpha value is -2.17. The van der Waals surface area contributed by atoms with Crippen molar-refractivity contribution < 1.29 is 9.63 Å². The van der Waals surface area contributed by atoms with E-state index >= 15 is 0 Å². The SMILES string of the molecule is Cc1ccc(C(NOCC(N)=O)c2ccccc2)c(C)c1. The zero-order valence-corrected chi connectivity index (χ0v) is 12.3. The van der Waals surface area contributed by atoms with E-state index in [-0.39, 0.29) is 12.6 Å². The summed E-state index contributed by atoms with van der Waals surface area (Å²) in [6.07, 6.45) is 0. The van der Waals surface area contributed by atoms with Gasteiger partial charge in [0.15, 0.2) is 0 Å². The molecular formula is C17H20N2O2. The van der Waals surface area contributed by atoms with E-state index in [1.165, 1.54) is 11.1 Å². The molecule has 0 fully saturated rings. The zero-order valence-electron chi connectivity index (χ0n) is 12.3. The van der Waals surface area contributed by atoms with Gasteiger partial charge in [-0.05, 0) is 30.5 Å². The van der Waals surface area contributed by atoms with Crippen LogP contribution in [0.3, 0.4) is 0 Å². The first-order valence-electron chi connectivity index (χ1n) is 6.85. The van der Waals surface area contributed by atoms with Crippen LogP contribution in [0.4, 0.5) is 0 Å². The Bertz CT molecular complexity index is 611. The van der Waals surface area contributed by atoms with Crippen LogP contribution in [0, 0.1) is 13.8 Å². The number of hydrogen-bond acceptors (Lipinski definition) is 3. The highest BCUT2D eigenvalue weighted by atomic mass is 16.6. The van der Waals surface area contributed by atoms with Crippen molar-refractivity contribution in [3.8, 4) is 0 Å². The van der Waals surface area contributed by atoms with Crippen molar-refractivity contribution in [2.45, 2.75) is 19.9 Å². The molecule has 0 bridgehead atoms. The van der Waals surface area contributed by atoms with Gasteiger partial charge in [0.25, 0.3) is 0 Å². The largest absolute Gasteiger partial charge is 0.368 e. The smallest absolute Gasteiger partial charge is 0.245 e. The molecule has 2 rings (SSSR count). The molecule has 21 heavy (non-hydrogen) atoms. The average Bonchev–Trinajstić information content (AvgIpc) is 2.45. The second-order valence-corrected chi connectivity index (χ2v) is 5.08. The van der Waals surface area contributed by atoms with E-state index in [0.717, 1.165) is 11.1 Å². The minimum Gasteiger partial charge on any atom is -0.368 e. The van der Waals surface area contributed by atoms with Crippen LogP contribution in [0.25, 0.3) is 0 Å². The molecule has 0 aliphatic rings. The monoisotopic (exact) mass is 284 g/mol. The van der Waals surface area contributed by atoms with E-state index in [1.807, 2.05) is 30.3 Å². The molecule has 0 aliphatic carbocycles. The molecule has 110 valence electrons. The highest BCUT2D eigenvalue weighted by Gasteiger charge is 2.16. The number of amides is 1. The summed E-state index contributed by atoms with van der Waals surface area (Å²) < 4.78 is 0. The van der Waals surface area contributed by atoms with Gasteiger partial charge in [0.2, 0.25) is 5.91 Å². The summed E-state index contributed by atoms with van der Waals surface area (Å²) in [5.41, 5.74) is 12.6. The van der Waals surface area contributed by atoms with Crippen LogP contribution >= 0.6 is 0 Å². The van der Waals surface area contributed by atoms with Gasteiger partial charge in [-0.2, -0.15) is 5.48 Å². The van der Waals surface area contributed by atoms with Crippen molar-refractivity contribution in [3.05, 3.63) is 70.8 Å². The fourth-order valence-corrected chi connectivity index (χ4v) is 2.30. The van der Waals surface area contributed by atoms with E-state index in [2.05, 4.69) is 37.5 Å². The Morgan fingerprint density at radius 2 is 1.90 bits per heavy atom. The van der Waals surface area contributed by atoms with Crippen LogP contribution in [-0.4, -0.2) is 12.5 Å². The molecule has 2 aromatic carbocycles. The normalized spacial score (nSPS) is 12.1. The van der Waals surface area contributed by atoms with Gasteiger partial charge in [-0.3, -0.25) is 9.63 Å². The summed E-state index contributed by atoms with van der Waals surface area (Å²) >= 11 is 0. The summed E-state index contributed by atoms with van der Waals surface area (Å²) in [6, 6.07) is 16.1. The number of nitrogens with one attached hydrogen (secondary N) is 1. The molecule has 0 saturated carbocycles. The van der Waals surface area contributed by atoms with E-state index in [4.69, 9.17) is 10.6 Å². The molecule has 1 atom stereocenters. The Morgan fingerprint density at radius 3 is 2.52 bits per heavy atom. The number of primary amides is 1. The second-order valence-electron chi connectivity index (χ2n) is 5.08. The first kappa shape index (κ1) is 15.2. The summed E-state index contributed by atoms with van der Waals surface area (Å²) in [6.45, 7) is 3.97. The third kappa shape index (κ3) is 4.15. The maximum absolute atomic E-state index is 10.8. The number of nitrogens with two attached hydrogens (primary N) is 1. The predicted molar refractivity (Wildman–Crippen MR) is 82.5 cm³/mol. The van der Waals surface area contributed by atoms with Crippen molar-refractivity contribution >= 4 is 5.91 Å². The lowest BCUT2D eigenvalue weighted by atomic mass is 9.94. The highest BCUT2D eigenvalue weighted by molar-refractivity contribution is 5.74. The average molecular weight is 284 g/mol. The second kappa shape index (κ2) is 7.02. The van der Waals surface area contributed by atoms with Crippen LogP contribution in [-0.2, 0) is 9.63 Å². The summed E-state index contributed by atoms with van der Waals surface area (Å²) in [5.74, 6) is -0.505. The Morgan fingerprint density at radius 1 is 1.19 bits per heavy atom. The number of hydrogen-bond donors (Lipinski definition) is 2. The molecule has 3 N–H and O–H groups in total. The van der Waals surface area contributed by atoms with E-state index in [9.17, 15) is 4.79 Å². The number of benzene rings is 2. The van der Waals surface area contributed by atoms with Gasteiger partial charge in [0, 0.05) is 0 Å². The fraction of sp³-hybridized carbons (Fsp3) is 0.235. The highest BCUT2D eigenvalue weighted by Crippen LogP contribution is 2.25. The molecule has 0 spiro atoms. The van der Waals surface area contributed by atoms with Crippen molar-refractivity contribution in [1.29, 1.82) is 0 Å². The lowest BCUT2D eigenvalue weighted by Gasteiger charge is -2.21. The molecule has 4 heteroatoms. The molecule has 0 radical (unpaired) electrons. The first-order chi connectivity index (χ1) is 10.1. The zero-order chi connectivity index (χ0) is 15.2. The number of rotatable bonds is 6. The maximum Gasteiger partial charge on any atom is 0.245 e. The molecule has 0 aliphatic heterocycles. The molecule has 2 aromatic rings. The number of carbonyl (C=O) groups excluding carboxylic acids is 1. The van der Waals surface area contributed by atoms with Crippen molar-refractivity contribution in [3.63, 3.8) is 0 Å².